The summed E-state index contributed by atoms with van der Waals surface area (Å²) in [7, 11) is 1.75. The highest BCUT2D eigenvalue weighted by molar-refractivity contribution is 6.04. The molecule has 0 bridgehead atoms. The number of anilines is 2. The molecule has 1 heterocycles. The highest BCUT2D eigenvalue weighted by Gasteiger charge is 2.37. The van der Waals surface area contributed by atoms with E-state index in [9.17, 15) is 9.59 Å². The van der Waals surface area contributed by atoms with E-state index in [4.69, 9.17) is 4.74 Å². The average molecular weight is 352 g/mol. The lowest BCUT2D eigenvalue weighted by atomic mass is 10.1. The first kappa shape index (κ1) is 18.0. The quantitative estimate of drug-likeness (QED) is 0.828. The van der Waals surface area contributed by atoms with E-state index in [-0.39, 0.29) is 30.3 Å². The van der Waals surface area contributed by atoms with Gasteiger partial charge in [-0.05, 0) is 38.1 Å². The van der Waals surface area contributed by atoms with Gasteiger partial charge in [0.15, 0.2) is 0 Å². The Kier molecular flexibility index (Phi) is 5.26. The first-order valence-corrected chi connectivity index (χ1v) is 8.86. The number of para-hydroxylation sites is 3. The first-order chi connectivity index (χ1) is 12.5. The molecular formula is C21H24N2O3. The van der Waals surface area contributed by atoms with Crippen molar-refractivity contribution in [2.45, 2.75) is 26.4 Å². The molecule has 2 aromatic carbocycles. The topological polar surface area (TPSA) is 49.9 Å². The highest BCUT2D eigenvalue weighted by Crippen LogP contribution is 2.34. The molecule has 1 atom stereocenters. The van der Waals surface area contributed by atoms with Gasteiger partial charge in [0.05, 0.1) is 17.7 Å². The van der Waals surface area contributed by atoms with E-state index in [0.717, 1.165) is 11.4 Å². The molecule has 136 valence electrons. The van der Waals surface area contributed by atoms with Crippen LogP contribution < -0.4 is 14.5 Å². The summed E-state index contributed by atoms with van der Waals surface area (Å²) in [5, 5.41) is 0. The van der Waals surface area contributed by atoms with Gasteiger partial charge in [-0.15, -0.1) is 0 Å². The Balaban J connectivity index is 1.78. The summed E-state index contributed by atoms with van der Waals surface area (Å²) in [6.07, 6.45) is 0.224. The normalized spacial score (nSPS) is 16.8. The number of amides is 2. The monoisotopic (exact) mass is 352 g/mol. The number of nitrogens with zero attached hydrogens (tertiary/aromatic N) is 2. The molecule has 5 nitrogen and oxygen atoms in total. The smallest absolute Gasteiger partial charge is 0.232 e. The van der Waals surface area contributed by atoms with E-state index < -0.39 is 0 Å². The number of ether oxygens (including phenoxy) is 1. The lowest BCUT2D eigenvalue weighted by Crippen LogP contribution is -2.34. The van der Waals surface area contributed by atoms with E-state index in [2.05, 4.69) is 0 Å². The van der Waals surface area contributed by atoms with Crippen molar-refractivity contribution in [3.8, 4) is 5.75 Å². The highest BCUT2D eigenvalue weighted by atomic mass is 16.5. The Labute approximate surface area is 154 Å². The minimum Gasteiger partial charge on any atom is -0.489 e. The molecule has 2 amide bonds. The van der Waals surface area contributed by atoms with Gasteiger partial charge in [-0.25, -0.2) is 0 Å². The Hall–Kier alpha value is -2.82. The van der Waals surface area contributed by atoms with E-state index in [1.807, 2.05) is 68.4 Å². The molecule has 0 aliphatic carbocycles. The Morgan fingerprint density at radius 3 is 2.46 bits per heavy atom. The third-order valence-electron chi connectivity index (χ3n) is 4.47. The molecule has 1 aliphatic heterocycles. The van der Waals surface area contributed by atoms with Crippen LogP contribution in [0, 0.1) is 5.92 Å². The summed E-state index contributed by atoms with van der Waals surface area (Å²) in [5.41, 5.74) is 1.55. The van der Waals surface area contributed by atoms with Crippen molar-refractivity contribution < 1.29 is 14.3 Å². The molecule has 2 aromatic rings. The minimum absolute atomic E-state index is 0.00972. The van der Waals surface area contributed by atoms with Crippen LogP contribution in [-0.2, 0) is 9.59 Å². The molecule has 1 aliphatic rings. The van der Waals surface area contributed by atoms with Gasteiger partial charge in [0.25, 0.3) is 0 Å². The maximum absolute atomic E-state index is 12.8. The molecule has 0 aromatic heterocycles. The largest absolute Gasteiger partial charge is 0.489 e. The van der Waals surface area contributed by atoms with Gasteiger partial charge in [0.2, 0.25) is 11.8 Å². The summed E-state index contributed by atoms with van der Waals surface area (Å²) in [6.45, 7) is 4.26. The molecule has 0 radical (unpaired) electrons. The fraction of sp³-hybridized carbons (Fsp3) is 0.333. The molecule has 0 saturated carbocycles. The number of carbonyl (C=O) groups is 2. The second-order valence-electron chi connectivity index (χ2n) is 6.77. The van der Waals surface area contributed by atoms with E-state index in [1.54, 1.807) is 16.8 Å². The van der Waals surface area contributed by atoms with Gasteiger partial charge in [0.1, 0.15) is 5.75 Å². The van der Waals surface area contributed by atoms with Gasteiger partial charge in [-0.2, -0.15) is 0 Å². The Morgan fingerprint density at radius 1 is 1.12 bits per heavy atom. The second kappa shape index (κ2) is 7.60. The maximum atomic E-state index is 12.8. The summed E-state index contributed by atoms with van der Waals surface area (Å²) in [5.74, 6) is 0.208. The van der Waals surface area contributed by atoms with Crippen LogP contribution in [0.25, 0.3) is 0 Å². The predicted octanol–water partition coefficient (Wildman–Crippen LogP) is 3.49. The van der Waals surface area contributed by atoms with Crippen LogP contribution in [-0.4, -0.2) is 31.5 Å². The SMILES string of the molecule is CC(C)Oc1ccccc1N1CC(C(=O)N(C)c2ccccc2)CC1=O. The third-order valence-corrected chi connectivity index (χ3v) is 4.47. The summed E-state index contributed by atoms with van der Waals surface area (Å²) in [4.78, 5) is 28.7. The molecule has 0 spiro atoms. The van der Waals surface area contributed by atoms with E-state index >= 15 is 0 Å². The van der Waals surface area contributed by atoms with Crippen molar-refractivity contribution in [3.05, 3.63) is 54.6 Å². The van der Waals surface area contributed by atoms with Gasteiger partial charge >= 0.3 is 0 Å². The minimum atomic E-state index is -0.361. The Bertz CT molecular complexity index is 789. The number of benzene rings is 2. The first-order valence-electron chi connectivity index (χ1n) is 8.86. The molecule has 0 N–H and O–H groups in total. The van der Waals surface area contributed by atoms with Crippen LogP contribution in [0.2, 0.25) is 0 Å². The molecule has 1 fully saturated rings. The van der Waals surface area contributed by atoms with Crippen LogP contribution in [0.5, 0.6) is 5.75 Å². The number of carbonyl (C=O) groups excluding carboxylic acids is 2. The Morgan fingerprint density at radius 2 is 1.77 bits per heavy atom. The zero-order valence-corrected chi connectivity index (χ0v) is 15.4. The van der Waals surface area contributed by atoms with Gasteiger partial charge in [-0.3, -0.25) is 9.59 Å². The van der Waals surface area contributed by atoms with Crippen LogP contribution in [0.4, 0.5) is 11.4 Å². The van der Waals surface area contributed by atoms with Crippen molar-refractivity contribution in [1.29, 1.82) is 0 Å². The zero-order chi connectivity index (χ0) is 18.7. The van der Waals surface area contributed by atoms with Crippen LogP contribution in [0.1, 0.15) is 20.3 Å². The van der Waals surface area contributed by atoms with E-state index in [0.29, 0.717) is 12.3 Å². The van der Waals surface area contributed by atoms with Crippen molar-refractivity contribution in [2.75, 3.05) is 23.4 Å². The predicted molar refractivity (Wildman–Crippen MR) is 103 cm³/mol. The van der Waals surface area contributed by atoms with Crippen LogP contribution in [0.3, 0.4) is 0 Å². The maximum Gasteiger partial charge on any atom is 0.232 e. The van der Waals surface area contributed by atoms with E-state index in [1.165, 1.54) is 0 Å². The molecule has 5 heteroatoms. The number of hydrogen-bond acceptors (Lipinski definition) is 3. The van der Waals surface area contributed by atoms with Crippen molar-refractivity contribution in [1.82, 2.24) is 0 Å². The van der Waals surface area contributed by atoms with Gasteiger partial charge in [0, 0.05) is 25.7 Å². The second-order valence-corrected chi connectivity index (χ2v) is 6.77. The van der Waals surface area contributed by atoms with Crippen LogP contribution >= 0.6 is 0 Å². The van der Waals surface area contributed by atoms with Gasteiger partial charge < -0.3 is 14.5 Å². The molecule has 1 saturated heterocycles. The summed E-state index contributed by atoms with van der Waals surface area (Å²) < 4.78 is 5.83. The average Bonchev–Trinajstić information content (AvgIpc) is 3.03. The molecule has 26 heavy (non-hydrogen) atoms. The number of rotatable bonds is 5. The van der Waals surface area contributed by atoms with Crippen molar-refractivity contribution in [3.63, 3.8) is 0 Å². The molecule has 3 rings (SSSR count). The van der Waals surface area contributed by atoms with Crippen molar-refractivity contribution in [2.24, 2.45) is 5.92 Å². The number of hydrogen-bond donors (Lipinski definition) is 0. The summed E-state index contributed by atoms with van der Waals surface area (Å²) in [6, 6.07) is 17.0. The fourth-order valence-corrected chi connectivity index (χ4v) is 3.19. The third kappa shape index (κ3) is 3.72. The zero-order valence-electron chi connectivity index (χ0n) is 15.4. The molecule has 1 unspecified atom stereocenters. The summed E-state index contributed by atoms with van der Waals surface area (Å²) >= 11 is 0. The molecular weight excluding hydrogens is 328 g/mol. The van der Waals surface area contributed by atoms with Gasteiger partial charge in [-0.1, -0.05) is 30.3 Å². The van der Waals surface area contributed by atoms with Crippen molar-refractivity contribution >= 4 is 23.2 Å². The van der Waals surface area contributed by atoms with Crippen LogP contribution in [0.15, 0.2) is 54.6 Å². The standard InChI is InChI=1S/C21H24N2O3/c1-15(2)26-19-12-8-7-11-18(19)23-14-16(13-20(23)24)21(25)22(3)17-9-5-4-6-10-17/h4-12,15-16H,13-14H2,1-3H3. The fourth-order valence-electron chi connectivity index (χ4n) is 3.19. The lowest BCUT2D eigenvalue weighted by molar-refractivity contribution is -0.124. The lowest BCUT2D eigenvalue weighted by Gasteiger charge is -2.23.